The van der Waals surface area contributed by atoms with Crippen molar-refractivity contribution in [2.75, 3.05) is 39.5 Å². The molecule has 0 atom stereocenters. The van der Waals surface area contributed by atoms with E-state index < -0.39 is 5.97 Å². The third-order valence-corrected chi connectivity index (χ3v) is 4.18. The van der Waals surface area contributed by atoms with Crippen molar-refractivity contribution in [3.63, 3.8) is 0 Å². The molecule has 0 aliphatic carbocycles. The van der Waals surface area contributed by atoms with E-state index >= 15 is 0 Å². The van der Waals surface area contributed by atoms with Gasteiger partial charge in [-0.25, -0.2) is 4.79 Å². The van der Waals surface area contributed by atoms with Gasteiger partial charge in [0.2, 0.25) is 0 Å². The van der Waals surface area contributed by atoms with Crippen molar-refractivity contribution in [3.05, 3.63) is 26.6 Å². The first-order valence-electron chi connectivity index (χ1n) is 6.23. The summed E-state index contributed by atoms with van der Waals surface area (Å²) in [6.45, 7) is 4.74. The second-order valence-corrected chi connectivity index (χ2v) is 6.09. The number of hydrogen-bond donors (Lipinski definition) is 1. The van der Waals surface area contributed by atoms with Crippen LogP contribution >= 0.6 is 31.9 Å². The Bertz CT molecular complexity index is 466. The number of carbonyl (C=O) groups is 1. The molecular weight excluding hydrogens is 394 g/mol. The zero-order valence-electron chi connectivity index (χ0n) is 10.8. The molecule has 7 heteroatoms. The van der Waals surface area contributed by atoms with Gasteiger partial charge in [0.25, 0.3) is 0 Å². The Morgan fingerprint density at radius 3 is 2.45 bits per heavy atom. The van der Waals surface area contributed by atoms with Crippen molar-refractivity contribution in [1.82, 2.24) is 4.90 Å². The van der Waals surface area contributed by atoms with Gasteiger partial charge in [-0.3, -0.25) is 4.90 Å². The Morgan fingerprint density at radius 1 is 1.30 bits per heavy atom. The van der Waals surface area contributed by atoms with Crippen molar-refractivity contribution in [2.45, 2.75) is 0 Å². The van der Waals surface area contributed by atoms with Crippen molar-refractivity contribution < 1.29 is 19.4 Å². The van der Waals surface area contributed by atoms with E-state index in [0.29, 0.717) is 21.3 Å². The molecule has 1 aromatic rings. The first-order valence-corrected chi connectivity index (χ1v) is 7.82. The Morgan fingerprint density at radius 2 is 1.90 bits per heavy atom. The summed E-state index contributed by atoms with van der Waals surface area (Å²) >= 11 is 6.68. The van der Waals surface area contributed by atoms with Crippen molar-refractivity contribution in [1.29, 1.82) is 0 Å². The molecule has 5 nitrogen and oxygen atoms in total. The van der Waals surface area contributed by atoms with E-state index in [0.717, 1.165) is 32.8 Å². The van der Waals surface area contributed by atoms with Gasteiger partial charge >= 0.3 is 5.97 Å². The molecule has 1 saturated heterocycles. The molecule has 1 fully saturated rings. The summed E-state index contributed by atoms with van der Waals surface area (Å²) in [6, 6.07) is 3.08. The minimum atomic E-state index is -0.966. The SMILES string of the molecule is O=C(O)c1cc(Br)c(OCCN2CCOCC2)c(Br)c1. The number of morpholine rings is 1. The van der Waals surface area contributed by atoms with E-state index in [1.165, 1.54) is 12.1 Å². The van der Waals surface area contributed by atoms with Gasteiger partial charge in [-0.1, -0.05) is 0 Å². The Labute approximate surface area is 134 Å². The molecule has 1 N–H and O–H groups in total. The molecule has 0 spiro atoms. The van der Waals surface area contributed by atoms with Crippen LogP contribution in [0.4, 0.5) is 0 Å². The van der Waals surface area contributed by atoms with Crippen LogP contribution in [0.1, 0.15) is 10.4 Å². The van der Waals surface area contributed by atoms with Crippen molar-refractivity contribution in [2.24, 2.45) is 0 Å². The minimum absolute atomic E-state index is 0.212. The van der Waals surface area contributed by atoms with Gasteiger partial charge in [0.1, 0.15) is 12.4 Å². The number of carboxylic acid groups (broad SMARTS) is 1. The highest BCUT2D eigenvalue weighted by molar-refractivity contribution is 9.11. The molecule has 110 valence electrons. The van der Waals surface area contributed by atoms with Crippen LogP contribution in [-0.4, -0.2) is 55.4 Å². The zero-order valence-corrected chi connectivity index (χ0v) is 13.9. The normalized spacial score (nSPS) is 16.1. The maximum atomic E-state index is 10.9. The maximum Gasteiger partial charge on any atom is 0.335 e. The Balaban J connectivity index is 1.93. The topological polar surface area (TPSA) is 59.0 Å². The van der Waals surface area contributed by atoms with Gasteiger partial charge in [0.15, 0.2) is 0 Å². The molecular formula is C13H15Br2NO4. The Hall–Kier alpha value is -0.630. The van der Waals surface area contributed by atoms with Crippen molar-refractivity contribution in [3.8, 4) is 5.75 Å². The number of ether oxygens (including phenoxy) is 2. The molecule has 1 heterocycles. The lowest BCUT2D eigenvalue weighted by Crippen LogP contribution is -2.38. The number of halogens is 2. The summed E-state index contributed by atoms with van der Waals surface area (Å²) < 4.78 is 12.3. The van der Waals surface area contributed by atoms with Crippen molar-refractivity contribution >= 4 is 37.8 Å². The number of nitrogens with zero attached hydrogens (tertiary/aromatic N) is 1. The van der Waals surface area contributed by atoms with Gasteiger partial charge < -0.3 is 14.6 Å². The number of rotatable bonds is 5. The molecule has 0 radical (unpaired) electrons. The molecule has 20 heavy (non-hydrogen) atoms. The average Bonchev–Trinajstić information content (AvgIpc) is 2.42. The molecule has 0 bridgehead atoms. The number of hydrogen-bond acceptors (Lipinski definition) is 4. The molecule has 1 aliphatic rings. The summed E-state index contributed by atoms with van der Waals surface area (Å²) in [5, 5.41) is 8.97. The lowest BCUT2D eigenvalue weighted by atomic mass is 10.2. The third kappa shape index (κ3) is 4.18. The summed E-state index contributed by atoms with van der Waals surface area (Å²) in [6.07, 6.45) is 0. The molecule has 2 rings (SSSR count). The van der Waals surface area contributed by atoms with E-state index in [9.17, 15) is 4.79 Å². The smallest absolute Gasteiger partial charge is 0.335 e. The highest BCUT2D eigenvalue weighted by Crippen LogP contribution is 2.34. The lowest BCUT2D eigenvalue weighted by Gasteiger charge is -2.26. The predicted octanol–water partition coefficient (Wildman–Crippen LogP) is 2.62. The van der Waals surface area contributed by atoms with Crippen LogP contribution in [0.2, 0.25) is 0 Å². The molecule has 0 aromatic heterocycles. The fourth-order valence-corrected chi connectivity index (χ4v) is 3.34. The minimum Gasteiger partial charge on any atom is -0.490 e. The first kappa shape index (κ1) is 15.8. The monoisotopic (exact) mass is 407 g/mol. The first-order chi connectivity index (χ1) is 9.58. The molecule has 1 aliphatic heterocycles. The van der Waals surface area contributed by atoms with Gasteiger partial charge in [-0.05, 0) is 44.0 Å². The highest BCUT2D eigenvalue weighted by atomic mass is 79.9. The molecule has 0 unspecified atom stereocenters. The van der Waals surface area contributed by atoms with E-state index in [1.807, 2.05) is 0 Å². The van der Waals surface area contributed by atoms with Crippen LogP contribution in [0, 0.1) is 0 Å². The fraction of sp³-hybridized carbons (Fsp3) is 0.462. The fourth-order valence-electron chi connectivity index (χ4n) is 1.92. The average molecular weight is 409 g/mol. The van der Waals surface area contributed by atoms with E-state index in [-0.39, 0.29) is 5.56 Å². The van der Waals surface area contributed by atoms with Crippen LogP contribution in [0.3, 0.4) is 0 Å². The van der Waals surface area contributed by atoms with Crippen LogP contribution in [0.15, 0.2) is 21.1 Å². The largest absolute Gasteiger partial charge is 0.490 e. The van der Waals surface area contributed by atoms with Crippen LogP contribution in [0.25, 0.3) is 0 Å². The van der Waals surface area contributed by atoms with Crippen LogP contribution in [0.5, 0.6) is 5.75 Å². The maximum absolute atomic E-state index is 10.9. The van der Waals surface area contributed by atoms with Gasteiger partial charge in [0, 0.05) is 19.6 Å². The highest BCUT2D eigenvalue weighted by Gasteiger charge is 2.14. The lowest BCUT2D eigenvalue weighted by molar-refractivity contribution is 0.0321. The van der Waals surface area contributed by atoms with E-state index in [1.54, 1.807) is 0 Å². The van der Waals surface area contributed by atoms with Crippen LogP contribution in [-0.2, 0) is 4.74 Å². The summed E-state index contributed by atoms with van der Waals surface area (Å²) in [4.78, 5) is 13.2. The predicted molar refractivity (Wildman–Crippen MR) is 81.6 cm³/mol. The molecule has 0 amide bonds. The van der Waals surface area contributed by atoms with Crippen LogP contribution < -0.4 is 4.74 Å². The standard InChI is InChI=1S/C13H15Br2NO4/c14-10-7-9(13(17)18)8-11(15)12(10)20-6-3-16-1-4-19-5-2-16/h7-8H,1-6H2,(H,17,18). The van der Waals surface area contributed by atoms with Gasteiger partial charge in [-0.2, -0.15) is 0 Å². The second kappa shape index (κ2) is 7.40. The van der Waals surface area contributed by atoms with E-state index in [2.05, 4.69) is 36.8 Å². The second-order valence-electron chi connectivity index (χ2n) is 4.38. The summed E-state index contributed by atoms with van der Waals surface area (Å²) in [7, 11) is 0. The zero-order chi connectivity index (χ0) is 14.5. The quantitative estimate of drug-likeness (QED) is 0.811. The number of carboxylic acids is 1. The van der Waals surface area contributed by atoms with Gasteiger partial charge in [0.05, 0.1) is 27.7 Å². The Kier molecular flexibility index (Phi) is 5.83. The van der Waals surface area contributed by atoms with Gasteiger partial charge in [-0.15, -0.1) is 0 Å². The summed E-state index contributed by atoms with van der Waals surface area (Å²) in [5.74, 6) is -0.338. The number of aromatic carboxylic acids is 1. The summed E-state index contributed by atoms with van der Waals surface area (Å²) in [5.41, 5.74) is 0.212. The molecule has 1 aromatic carbocycles. The van der Waals surface area contributed by atoms with E-state index in [4.69, 9.17) is 14.6 Å². The third-order valence-electron chi connectivity index (χ3n) is 3.00. The molecule has 0 saturated carbocycles. The number of benzene rings is 1.